The van der Waals surface area contributed by atoms with Gasteiger partial charge in [0.25, 0.3) is 0 Å². The number of carbonyl (C=O) groups excluding carboxylic acids is 3. The lowest BCUT2D eigenvalue weighted by molar-refractivity contribution is -0.148. The first-order valence-corrected chi connectivity index (χ1v) is 10.6. The van der Waals surface area contributed by atoms with Gasteiger partial charge in [-0.3, -0.25) is 14.5 Å². The molecule has 30 heavy (non-hydrogen) atoms. The summed E-state index contributed by atoms with van der Waals surface area (Å²) in [5, 5.41) is 2.74. The second-order valence-electron chi connectivity index (χ2n) is 7.86. The van der Waals surface area contributed by atoms with Crippen LogP contribution in [0.25, 0.3) is 0 Å². The number of anilines is 1. The Bertz CT molecular complexity index is 1050. The molecule has 2 fully saturated rings. The molecule has 4 atom stereocenters. The van der Waals surface area contributed by atoms with E-state index < -0.39 is 28.7 Å². The van der Waals surface area contributed by atoms with Crippen LogP contribution in [0.2, 0.25) is 0 Å². The summed E-state index contributed by atoms with van der Waals surface area (Å²) < 4.78 is 4.88. The standard InChI is InChI=1S/C22H20BrN3O4/c1-13-19(28)25-17(18(27)24-13)11-22(23)15-9-5-6-10-16(15)26(20(22)25)21(29)30-12-14-7-3-2-4-8-14/h2-10,13,17,20H,11-12H2,1H3,(H,24,27)/t13-,17-,20-,22+/m1/s1. The second kappa shape index (κ2) is 6.84. The molecule has 3 aliphatic rings. The Balaban J connectivity index is 1.53. The molecule has 0 aromatic heterocycles. The number of carbonyl (C=O) groups is 3. The monoisotopic (exact) mass is 469 g/mol. The predicted octanol–water partition coefficient (Wildman–Crippen LogP) is 2.88. The molecule has 2 aromatic carbocycles. The molecule has 1 N–H and O–H groups in total. The van der Waals surface area contributed by atoms with Crippen molar-refractivity contribution >= 4 is 39.5 Å². The van der Waals surface area contributed by atoms with E-state index in [2.05, 4.69) is 21.2 Å². The lowest BCUT2D eigenvalue weighted by Crippen LogP contribution is -2.65. The molecular formula is C22H20BrN3O4. The van der Waals surface area contributed by atoms with Crippen molar-refractivity contribution in [2.24, 2.45) is 0 Å². The maximum atomic E-state index is 13.3. The first-order chi connectivity index (χ1) is 14.4. The Morgan fingerprint density at radius 1 is 1.17 bits per heavy atom. The van der Waals surface area contributed by atoms with Crippen molar-refractivity contribution in [2.45, 2.75) is 42.5 Å². The summed E-state index contributed by atoms with van der Waals surface area (Å²) in [7, 11) is 0. The summed E-state index contributed by atoms with van der Waals surface area (Å²) in [6.07, 6.45) is -0.851. The van der Waals surface area contributed by atoms with Gasteiger partial charge in [-0.2, -0.15) is 0 Å². The Morgan fingerprint density at radius 2 is 1.87 bits per heavy atom. The number of benzene rings is 2. The fourth-order valence-electron chi connectivity index (χ4n) is 4.70. The first kappa shape index (κ1) is 19.1. The average molecular weight is 470 g/mol. The van der Waals surface area contributed by atoms with Crippen LogP contribution in [0.5, 0.6) is 0 Å². The lowest BCUT2D eigenvalue weighted by atomic mass is 9.95. The second-order valence-corrected chi connectivity index (χ2v) is 9.27. The van der Waals surface area contributed by atoms with E-state index in [1.807, 2.05) is 54.6 Å². The minimum atomic E-state index is -0.739. The van der Waals surface area contributed by atoms with E-state index in [-0.39, 0.29) is 18.4 Å². The highest BCUT2D eigenvalue weighted by atomic mass is 79.9. The Kier molecular flexibility index (Phi) is 4.36. The third-order valence-electron chi connectivity index (χ3n) is 6.04. The van der Waals surface area contributed by atoms with E-state index in [1.165, 1.54) is 4.90 Å². The van der Waals surface area contributed by atoms with E-state index >= 15 is 0 Å². The maximum absolute atomic E-state index is 13.3. The number of nitrogens with one attached hydrogen (secondary N) is 1. The number of hydrogen-bond donors (Lipinski definition) is 1. The SMILES string of the molecule is C[C@H]1NC(=O)[C@H]2C[C@]3(Br)c4ccccc4N(C(=O)OCc4ccccc4)[C@H]3N2C1=O. The summed E-state index contributed by atoms with van der Waals surface area (Å²) in [4.78, 5) is 42.0. The van der Waals surface area contributed by atoms with E-state index in [0.29, 0.717) is 12.1 Å². The van der Waals surface area contributed by atoms with Crippen molar-refractivity contribution in [3.05, 3.63) is 65.7 Å². The number of halogens is 1. The summed E-state index contributed by atoms with van der Waals surface area (Å²) in [6, 6.07) is 15.6. The lowest BCUT2D eigenvalue weighted by Gasteiger charge is -2.39. The number of hydrogen-bond acceptors (Lipinski definition) is 4. The minimum Gasteiger partial charge on any atom is -0.444 e. The quantitative estimate of drug-likeness (QED) is 0.685. The molecule has 3 aliphatic heterocycles. The highest BCUT2D eigenvalue weighted by Crippen LogP contribution is 2.58. The van der Waals surface area contributed by atoms with Crippen LogP contribution in [-0.4, -0.2) is 41.1 Å². The highest BCUT2D eigenvalue weighted by Gasteiger charge is 2.65. The smallest absolute Gasteiger partial charge is 0.416 e. The molecule has 154 valence electrons. The van der Waals surface area contributed by atoms with Gasteiger partial charge in [-0.1, -0.05) is 64.5 Å². The zero-order chi connectivity index (χ0) is 21.0. The van der Waals surface area contributed by atoms with Gasteiger partial charge in [0.15, 0.2) is 0 Å². The number of fused-ring (bicyclic) bond motifs is 5. The third-order valence-corrected chi connectivity index (χ3v) is 7.20. The van der Waals surface area contributed by atoms with Crippen LogP contribution in [0.1, 0.15) is 24.5 Å². The van der Waals surface area contributed by atoms with Gasteiger partial charge in [0.05, 0.1) is 10.0 Å². The molecule has 0 aliphatic carbocycles. The van der Waals surface area contributed by atoms with Gasteiger partial charge in [-0.15, -0.1) is 0 Å². The zero-order valence-corrected chi connectivity index (χ0v) is 17.8. The molecule has 5 rings (SSSR count). The predicted molar refractivity (Wildman–Crippen MR) is 113 cm³/mol. The van der Waals surface area contributed by atoms with Crippen LogP contribution >= 0.6 is 15.9 Å². The topological polar surface area (TPSA) is 79.0 Å². The zero-order valence-electron chi connectivity index (χ0n) is 16.2. The average Bonchev–Trinajstić information content (AvgIpc) is 3.19. The summed E-state index contributed by atoms with van der Waals surface area (Å²) in [6.45, 7) is 1.78. The van der Waals surface area contributed by atoms with E-state index in [0.717, 1.165) is 11.1 Å². The van der Waals surface area contributed by atoms with Gasteiger partial charge in [0.2, 0.25) is 11.8 Å². The minimum absolute atomic E-state index is 0.120. The van der Waals surface area contributed by atoms with Gasteiger partial charge in [0, 0.05) is 6.42 Å². The van der Waals surface area contributed by atoms with Gasteiger partial charge in [-0.05, 0) is 24.1 Å². The van der Waals surface area contributed by atoms with Crippen LogP contribution in [0.15, 0.2) is 54.6 Å². The Labute approximate surface area is 182 Å². The number of para-hydroxylation sites is 1. The summed E-state index contributed by atoms with van der Waals surface area (Å²) in [5.74, 6) is -0.412. The molecule has 0 bridgehead atoms. The largest absolute Gasteiger partial charge is 0.444 e. The third kappa shape index (κ3) is 2.66. The molecule has 2 saturated heterocycles. The molecule has 8 heteroatoms. The van der Waals surface area contributed by atoms with Crippen LogP contribution in [0.3, 0.4) is 0 Å². The number of rotatable bonds is 2. The number of nitrogens with zero attached hydrogens (tertiary/aromatic N) is 2. The molecule has 3 amide bonds. The van der Waals surface area contributed by atoms with Gasteiger partial charge in [-0.25, -0.2) is 4.79 Å². The highest BCUT2D eigenvalue weighted by molar-refractivity contribution is 9.09. The van der Waals surface area contributed by atoms with Crippen molar-refractivity contribution in [2.75, 3.05) is 4.90 Å². The molecule has 2 aromatic rings. The normalized spacial score (nSPS) is 29.2. The number of alkyl halides is 1. The summed E-state index contributed by atoms with van der Waals surface area (Å²) in [5.41, 5.74) is 2.42. The van der Waals surface area contributed by atoms with Crippen molar-refractivity contribution in [1.29, 1.82) is 0 Å². The molecule has 0 unspecified atom stereocenters. The van der Waals surface area contributed by atoms with Crippen LogP contribution in [0.4, 0.5) is 10.5 Å². The Morgan fingerprint density at radius 3 is 2.63 bits per heavy atom. The Hall–Kier alpha value is -2.87. The van der Waals surface area contributed by atoms with Gasteiger partial charge < -0.3 is 15.0 Å². The summed E-state index contributed by atoms with van der Waals surface area (Å²) >= 11 is 3.82. The molecule has 0 radical (unpaired) electrons. The van der Waals surface area contributed by atoms with Crippen LogP contribution in [0, 0.1) is 0 Å². The van der Waals surface area contributed by atoms with Gasteiger partial charge in [0.1, 0.15) is 24.9 Å². The fraction of sp³-hybridized carbons (Fsp3) is 0.318. The molecule has 0 saturated carbocycles. The maximum Gasteiger partial charge on any atom is 0.416 e. The molecule has 7 nitrogen and oxygen atoms in total. The molecule has 0 spiro atoms. The van der Waals surface area contributed by atoms with Crippen molar-refractivity contribution in [3.63, 3.8) is 0 Å². The molecule has 3 heterocycles. The van der Waals surface area contributed by atoms with Crippen molar-refractivity contribution in [3.8, 4) is 0 Å². The van der Waals surface area contributed by atoms with Crippen LogP contribution in [-0.2, 0) is 25.3 Å². The first-order valence-electron chi connectivity index (χ1n) is 9.83. The number of piperazine rings is 1. The van der Waals surface area contributed by atoms with Crippen molar-refractivity contribution < 1.29 is 19.1 Å². The molecular weight excluding hydrogens is 450 g/mol. The van der Waals surface area contributed by atoms with Crippen molar-refractivity contribution in [1.82, 2.24) is 10.2 Å². The number of amides is 3. The van der Waals surface area contributed by atoms with E-state index in [1.54, 1.807) is 11.8 Å². The van der Waals surface area contributed by atoms with Gasteiger partial charge >= 0.3 is 6.09 Å². The number of ether oxygens (including phenoxy) is 1. The van der Waals surface area contributed by atoms with E-state index in [9.17, 15) is 14.4 Å². The van der Waals surface area contributed by atoms with E-state index in [4.69, 9.17) is 4.74 Å². The fourth-order valence-corrected chi connectivity index (χ4v) is 5.76. The van der Waals surface area contributed by atoms with Crippen LogP contribution < -0.4 is 10.2 Å².